The lowest BCUT2D eigenvalue weighted by atomic mass is 10.0. The van der Waals surface area contributed by atoms with E-state index in [4.69, 9.17) is 5.73 Å². The van der Waals surface area contributed by atoms with Gasteiger partial charge in [0.15, 0.2) is 0 Å². The molecule has 0 spiro atoms. The van der Waals surface area contributed by atoms with Gasteiger partial charge in [0, 0.05) is 16.1 Å². The first-order valence-electron chi connectivity index (χ1n) is 5.97. The summed E-state index contributed by atoms with van der Waals surface area (Å²) in [4.78, 5) is 1.17. The lowest BCUT2D eigenvalue weighted by Crippen LogP contribution is -1.88. The van der Waals surface area contributed by atoms with Crippen LogP contribution in [0.4, 0.5) is 5.69 Å². The first-order chi connectivity index (χ1) is 9.25. The molecular weight excluding hydrogens is 254 g/mol. The minimum Gasteiger partial charge on any atom is -0.507 e. The average molecular weight is 267 g/mol. The Morgan fingerprint density at radius 1 is 0.895 bits per heavy atom. The molecule has 0 aliphatic heterocycles. The van der Waals surface area contributed by atoms with Crippen molar-refractivity contribution in [1.82, 2.24) is 0 Å². The summed E-state index contributed by atoms with van der Waals surface area (Å²) in [5.74, 6) is 0.220. The summed E-state index contributed by atoms with van der Waals surface area (Å²) in [5.41, 5.74) is 9.38. The number of nitrogen functional groups attached to an aromatic ring is 1. The molecule has 2 aromatic carbocycles. The summed E-state index contributed by atoms with van der Waals surface area (Å²) in [5, 5.41) is 12.0. The SMILES string of the molecule is Nc1cccc(O)c1-c1csc(-c2ccccc2)c1. The molecule has 0 fully saturated rings. The largest absolute Gasteiger partial charge is 0.507 e. The second-order valence-corrected chi connectivity index (χ2v) is 5.22. The van der Waals surface area contributed by atoms with Gasteiger partial charge < -0.3 is 10.8 Å². The summed E-state index contributed by atoms with van der Waals surface area (Å²) < 4.78 is 0. The predicted octanol–water partition coefficient (Wildman–Crippen LogP) is 4.37. The smallest absolute Gasteiger partial charge is 0.125 e. The van der Waals surface area contributed by atoms with Gasteiger partial charge in [-0.15, -0.1) is 11.3 Å². The van der Waals surface area contributed by atoms with Crippen molar-refractivity contribution in [2.75, 3.05) is 5.73 Å². The molecule has 1 aromatic heterocycles. The van der Waals surface area contributed by atoms with Gasteiger partial charge in [-0.25, -0.2) is 0 Å². The van der Waals surface area contributed by atoms with E-state index in [0.29, 0.717) is 11.3 Å². The molecule has 3 N–H and O–H groups in total. The highest BCUT2D eigenvalue weighted by atomic mass is 32.1. The van der Waals surface area contributed by atoms with Gasteiger partial charge in [0.1, 0.15) is 5.75 Å². The lowest BCUT2D eigenvalue weighted by molar-refractivity contribution is 0.477. The molecule has 0 aliphatic rings. The van der Waals surface area contributed by atoms with Gasteiger partial charge in [-0.3, -0.25) is 0 Å². The molecule has 19 heavy (non-hydrogen) atoms. The summed E-state index contributed by atoms with van der Waals surface area (Å²) in [7, 11) is 0. The van der Waals surface area contributed by atoms with Gasteiger partial charge in [0.2, 0.25) is 0 Å². The number of benzene rings is 2. The first kappa shape index (κ1) is 11.8. The molecule has 3 aromatic rings. The van der Waals surface area contributed by atoms with E-state index in [1.807, 2.05) is 23.6 Å². The third kappa shape index (κ3) is 2.20. The number of nitrogens with two attached hydrogens (primary N) is 1. The zero-order valence-electron chi connectivity index (χ0n) is 10.2. The molecule has 1 heterocycles. The second kappa shape index (κ2) is 4.78. The van der Waals surface area contributed by atoms with Gasteiger partial charge in [0.25, 0.3) is 0 Å². The van der Waals surface area contributed by atoms with E-state index in [9.17, 15) is 5.11 Å². The fourth-order valence-corrected chi connectivity index (χ4v) is 3.00. The minimum absolute atomic E-state index is 0.220. The maximum atomic E-state index is 9.95. The molecular formula is C16H13NOS. The van der Waals surface area contributed by atoms with Crippen LogP contribution in [0.2, 0.25) is 0 Å². The number of phenols is 1. The van der Waals surface area contributed by atoms with Crippen LogP contribution in [0, 0.1) is 0 Å². The van der Waals surface area contributed by atoms with Crippen molar-refractivity contribution < 1.29 is 5.11 Å². The van der Waals surface area contributed by atoms with E-state index in [1.54, 1.807) is 29.5 Å². The highest BCUT2D eigenvalue weighted by Crippen LogP contribution is 2.39. The maximum absolute atomic E-state index is 9.95. The Balaban J connectivity index is 2.07. The van der Waals surface area contributed by atoms with Crippen LogP contribution in [0.3, 0.4) is 0 Å². The Bertz CT molecular complexity index is 684. The van der Waals surface area contributed by atoms with Crippen molar-refractivity contribution in [1.29, 1.82) is 0 Å². The molecule has 3 rings (SSSR count). The number of phenolic OH excluding ortho intramolecular Hbond substituents is 1. The van der Waals surface area contributed by atoms with Crippen LogP contribution in [0.25, 0.3) is 21.6 Å². The Morgan fingerprint density at radius 2 is 1.68 bits per heavy atom. The summed E-state index contributed by atoms with van der Waals surface area (Å²) >= 11 is 1.65. The van der Waals surface area contributed by atoms with Crippen LogP contribution in [0.1, 0.15) is 0 Å². The molecule has 2 nitrogen and oxygen atoms in total. The van der Waals surface area contributed by atoms with Gasteiger partial charge in [-0.2, -0.15) is 0 Å². The molecule has 0 unspecified atom stereocenters. The quantitative estimate of drug-likeness (QED) is 0.677. The molecule has 94 valence electrons. The highest BCUT2D eigenvalue weighted by molar-refractivity contribution is 7.14. The van der Waals surface area contributed by atoms with Crippen LogP contribution in [-0.4, -0.2) is 5.11 Å². The van der Waals surface area contributed by atoms with Crippen LogP contribution in [0.15, 0.2) is 60.0 Å². The van der Waals surface area contributed by atoms with Crippen molar-refractivity contribution in [2.24, 2.45) is 0 Å². The summed E-state index contributed by atoms with van der Waals surface area (Å²) in [6, 6.07) is 17.4. The zero-order chi connectivity index (χ0) is 13.2. The van der Waals surface area contributed by atoms with Gasteiger partial charge in [0.05, 0.1) is 0 Å². The molecule has 0 saturated carbocycles. The summed E-state index contributed by atoms with van der Waals surface area (Å²) in [6.45, 7) is 0. The number of hydrogen-bond acceptors (Lipinski definition) is 3. The van der Waals surface area contributed by atoms with Crippen LogP contribution < -0.4 is 5.73 Å². The highest BCUT2D eigenvalue weighted by Gasteiger charge is 2.11. The fourth-order valence-electron chi connectivity index (χ4n) is 2.09. The maximum Gasteiger partial charge on any atom is 0.125 e. The molecule has 3 heteroatoms. The molecule has 0 saturated heterocycles. The second-order valence-electron chi connectivity index (χ2n) is 4.31. The predicted molar refractivity (Wildman–Crippen MR) is 81.3 cm³/mol. The molecule has 0 bridgehead atoms. The number of anilines is 1. The van der Waals surface area contributed by atoms with E-state index in [2.05, 4.69) is 18.2 Å². The molecule has 0 radical (unpaired) electrons. The summed E-state index contributed by atoms with van der Waals surface area (Å²) in [6.07, 6.45) is 0. The van der Waals surface area contributed by atoms with Crippen LogP contribution in [0.5, 0.6) is 5.75 Å². The van der Waals surface area contributed by atoms with Gasteiger partial charge in [-0.05, 0) is 34.7 Å². The average Bonchev–Trinajstić information content (AvgIpc) is 2.89. The van der Waals surface area contributed by atoms with E-state index in [1.165, 1.54) is 10.4 Å². The van der Waals surface area contributed by atoms with Crippen molar-refractivity contribution in [3.8, 4) is 27.3 Å². The minimum atomic E-state index is 0.220. The van der Waals surface area contributed by atoms with Gasteiger partial charge >= 0.3 is 0 Å². The standard InChI is InChI=1S/C16H13NOS/c17-13-7-4-8-14(18)16(13)12-9-15(19-10-12)11-5-2-1-3-6-11/h1-10,18H,17H2. The number of hydrogen-bond donors (Lipinski definition) is 2. The Labute approximate surface area is 115 Å². The van der Waals surface area contributed by atoms with E-state index in [0.717, 1.165) is 5.56 Å². The zero-order valence-corrected chi connectivity index (χ0v) is 11.0. The first-order valence-corrected chi connectivity index (χ1v) is 6.85. The number of thiophene rings is 1. The normalized spacial score (nSPS) is 10.5. The molecule has 0 atom stereocenters. The lowest BCUT2D eigenvalue weighted by Gasteiger charge is -2.05. The van der Waals surface area contributed by atoms with Crippen molar-refractivity contribution in [3.05, 3.63) is 60.0 Å². The topological polar surface area (TPSA) is 46.2 Å². The van der Waals surface area contributed by atoms with Crippen molar-refractivity contribution >= 4 is 17.0 Å². The Hall–Kier alpha value is -2.26. The fraction of sp³-hybridized carbons (Fsp3) is 0. The Kier molecular flexibility index (Phi) is 2.97. The number of aromatic hydroxyl groups is 1. The van der Waals surface area contributed by atoms with Crippen molar-refractivity contribution in [2.45, 2.75) is 0 Å². The van der Waals surface area contributed by atoms with E-state index in [-0.39, 0.29) is 5.75 Å². The van der Waals surface area contributed by atoms with Crippen LogP contribution >= 0.6 is 11.3 Å². The third-order valence-corrected chi connectivity index (χ3v) is 4.00. The molecule has 0 aliphatic carbocycles. The monoisotopic (exact) mass is 267 g/mol. The van der Waals surface area contributed by atoms with E-state index < -0.39 is 0 Å². The van der Waals surface area contributed by atoms with Crippen molar-refractivity contribution in [3.63, 3.8) is 0 Å². The van der Waals surface area contributed by atoms with Crippen LogP contribution in [-0.2, 0) is 0 Å². The number of rotatable bonds is 2. The Morgan fingerprint density at radius 3 is 2.42 bits per heavy atom. The molecule has 0 amide bonds. The van der Waals surface area contributed by atoms with E-state index >= 15 is 0 Å². The van der Waals surface area contributed by atoms with Gasteiger partial charge in [-0.1, -0.05) is 36.4 Å². The third-order valence-electron chi connectivity index (χ3n) is 3.02.